The largest absolute Gasteiger partial charge is 0.504 e. The number of nitrogen functional groups attached to an aromatic ring is 1. The van der Waals surface area contributed by atoms with Gasteiger partial charge in [0.2, 0.25) is 5.91 Å². The Balaban J connectivity index is 1.94. The molecule has 0 fully saturated rings. The topological polar surface area (TPSA) is 303 Å². The van der Waals surface area contributed by atoms with Crippen LogP contribution in [0.5, 0.6) is 23.0 Å². The number of carbonyl (C=O) groups excluding carboxylic acids is 1. The number of aliphatic hydroxyl groups is 7. The molecule has 1 aromatic heterocycles. The van der Waals surface area contributed by atoms with E-state index in [1.165, 1.54) is 35.7 Å². The molecule has 1 unspecified atom stereocenters. The SMILES string of the molecule is Nc1nc(CC(=O)Nc2c(O)c(O)c(C(O)(O)C(O)(O)NC(O)(O)C(O)c3ccccc3)c(O)c2O)cs1. The number of aromatic hydroxyl groups is 4. The number of nitrogens with one attached hydrogen (secondary N) is 2. The number of carbonyl (C=O) groups is 1. The van der Waals surface area contributed by atoms with Crippen LogP contribution in [0.25, 0.3) is 0 Å². The Morgan fingerprint density at radius 3 is 2.00 bits per heavy atom. The van der Waals surface area contributed by atoms with E-state index in [0.29, 0.717) is 0 Å². The van der Waals surface area contributed by atoms with Crippen LogP contribution in [-0.2, 0) is 17.0 Å². The van der Waals surface area contributed by atoms with Crippen molar-refractivity contribution in [1.82, 2.24) is 10.3 Å². The van der Waals surface area contributed by atoms with Gasteiger partial charge in [-0.15, -0.1) is 11.3 Å². The Morgan fingerprint density at radius 1 is 0.947 bits per heavy atom. The molecule has 3 rings (SSSR count). The number of benzene rings is 2. The summed E-state index contributed by atoms with van der Waals surface area (Å²) in [5, 5.41) is 118. The van der Waals surface area contributed by atoms with Gasteiger partial charge in [-0.05, 0) is 5.56 Å². The van der Waals surface area contributed by atoms with Crippen LogP contribution in [0.3, 0.4) is 0 Å². The summed E-state index contributed by atoms with van der Waals surface area (Å²) < 4.78 is 0. The third-order valence-electron chi connectivity index (χ3n) is 5.26. The Hall–Kier alpha value is -3.78. The van der Waals surface area contributed by atoms with Gasteiger partial charge in [-0.1, -0.05) is 30.3 Å². The maximum atomic E-state index is 12.3. The number of phenols is 4. The van der Waals surface area contributed by atoms with E-state index in [1.807, 2.05) is 5.32 Å². The van der Waals surface area contributed by atoms with Crippen LogP contribution in [0.4, 0.5) is 10.8 Å². The van der Waals surface area contributed by atoms with Crippen LogP contribution >= 0.6 is 11.3 Å². The zero-order chi connectivity index (χ0) is 28.6. The fourth-order valence-corrected chi connectivity index (χ4v) is 3.92. The highest BCUT2D eigenvalue weighted by atomic mass is 32.1. The van der Waals surface area contributed by atoms with Crippen LogP contribution in [0.1, 0.15) is 22.9 Å². The lowest BCUT2D eigenvalue weighted by atomic mass is 9.96. The van der Waals surface area contributed by atoms with Gasteiger partial charge in [-0.3, -0.25) is 4.79 Å². The van der Waals surface area contributed by atoms with E-state index in [0.717, 1.165) is 16.7 Å². The summed E-state index contributed by atoms with van der Waals surface area (Å²) in [4.78, 5) is 16.1. The number of aliphatic hydroxyl groups excluding tert-OH is 1. The van der Waals surface area contributed by atoms with Gasteiger partial charge in [-0.25, -0.2) is 10.3 Å². The van der Waals surface area contributed by atoms with Crippen LogP contribution in [0.2, 0.25) is 0 Å². The smallest absolute Gasteiger partial charge is 0.288 e. The third-order valence-corrected chi connectivity index (χ3v) is 5.98. The number of aromatic nitrogens is 1. The normalized spacial score (nSPS) is 13.3. The molecule has 0 aliphatic carbocycles. The van der Waals surface area contributed by atoms with E-state index in [9.17, 15) is 61.0 Å². The first kappa shape index (κ1) is 28.8. The number of hydrogen-bond donors (Lipinski definition) is 14. The number of thiazole rings is 1. The van der Waals surface area contributed by atoms with Crippen molar-refractivity contribution in [2.24, 2.45) is 0 Å². The second-order valence-electron chi connectivity index (χ2n) is 8.06. The van der Waals surface area contributed by atoms with Crippen molar-refractivity contribution >= 4 is 28.1 Å². The minimum absolute atomic E-state index is 0.150. The van der Waals surface area contributed by atoms with E-state index in [-0.39, 0.29) is 16.4 Å². The first-order valence-electron chi connectivity index (χ1n) is 10.4. The predicted molar refractivity (Wildman–Crippen MR) is 127 cm³/mol. The Morgan fingerprint density at radius 2 is 1.50 bits per heavy atom. The van der Waals surface area contributed by atoms with E-state index in [2.05, 4.69) is 4.98 Å². The Kier molecular flexibility index (Phi) is 7.71. The molecule has 0 aliphatic heterocycles. The third kappa shape index (κ3) is 5.41. The molecule has 206 valence electrons. The Labute approximate surface area is 216 Å². The molecule has 0 aliphatic rings. The first-order valence-corrected chi connectivity index (χ1v) is 11.2. The molecule has 0 saturated carbocycles. The molecule has 0 bridgehead atoms. The van der Waals surface area contributed by atoms with Gasteiger partial charge in [-0.2, -0.15) is 0 Å². The summed E-state index contributed by atoms with van der Waals surface area (Å²) in [6.45, 7) is 0. The lowest BCUT2D eigenvalue weighted by Gasteiger charge is -2.41. The summed E-state index contributed by atoms with van der Waals surface area (Å²) in [5.74, 6) is -19.6. The summed E-state index contributed by atoms with van der Waals surface area (Å²) in [5.41, 5.74) is 2.72. The highest BCUT2D eigenvalue weighted by molar-refractivity contribution is 7.13. The quantitative estimate of drug-likeness (QED) is 0.0734. The van der Waals surface area contributed by atoms with Crippen molar-refractivity contribution in [3.8, 4) is 23.0 Å². The van der Waals surface area contributed by atoms with Gasteiger partial charge in [0.1, 0.15) is 17.4 Å². The highest BCUT2D eigenvalue weighted by Crippen LogP contribution is 2.54. The monoisotopic (exact) mass is 556 g/mol. The maximum absolute atomic E-state index is 12.3. The van der Waals surface area contributed by atoms with E-state index >= 15 is 0 Å². The van der Waals surface area contributed by atoms with Gasteiger partial charge in [0.15, 0.2) is 28.1 Å². The van der Waals surface area contributed by atoms with Crippen LogP contribution in [-0.4, -0.2) is 78.9 Å². The number of hydrogen-bond acceptors (Lipinski definition) is 16. The Bertz CT molecular complexity index is 1300. The summed E-state index contributed by atoms with van der Waals surface area (Å²) >= 11 is 1.02. The molecule has 17 heteroatoms. The summed E-state index contributed by atoms with van der Waals surface area (Å²) in [6, 6.07) is 6.70. The van der Waals surface area contributed by atoms with E-state index in [1.54, 1.807) is 0 Å². The summed E-state index contributed by atoms with van der Waals surface area (Å²) in [6.07, 6.45) is -2.76. The highest BCUT2D eigenvalue weighted by Gasteiger charge is 2.57. The average molecular weight is 557 g/mol. The zero-order valence-electron chi connectivity index (χ0n) is 19.0. The molecule has 16 nitrogen and oxygen atoms in total. The first-order chi connectivity index (χ1) is 17.5. The molecule has 1 atom stereocenters. The second-order valence-corrected chi connectivity index (χ2v) is 8.94. The number of anilines is 2. The zero-order valence-corrected chi connectivity index (χ0v) is 19.8. The summed E-state index contributed by atoms with van der Waals surface area (Å²) in [7, 11) is 0. The van der Waals surface area contributed by atoms with Gasteiger partial charge in [0, 0.05) is 5.38 Å². The van der Waals surface area contributed by atoms with Crippen molar-refractivity contribution in [1.29, 1.82) is 0 Å². The molecule has 1 heterocycles. The molecule has 0 saturated heterocycles. The van der Waals surface area contributed by atoms with Gasteiger partial charge >= 0.3 is 0 Å². The molecule has 2 aromatic carbocycles. The lowest BCUT2D eigenvalue weighted by molar-refractivity contribution is -0.416. The number of nitrogens with zero attached hydrogens (tertiary/aromatic N) is 1. The van der Waals surface area contributed by atoms with Crippen LogP contribution in [0.15, 0.2) is 35.7 Å². The molecule has 0 spiro atoms. The van der Waals surface area contributed by atoms with Gasteiger partial charge in [0.05, 0.1) is 12.1 Å². The molecule has 3 aromatic rings. The molecule has 0 radical (unpaired) electrons. The number of nitrogens with two attached hydrogens (primary N) is 1. The minimum atomic E-state index is -4.34. The molecule has 1 amide bonds. The number of rotatable bonds is 9. The van der Waals surface area contributed by atoms with Gasteiger partial charge < -0.3 is 67.2 Å². The van der Waals surface area contributed by atoms with Crippen molar-refractivity contribution < 1.29 is 61.0 Å². The fourth-order valence-electron chi connectivity index (χ4n) is 3.35. The maximum Gasteiger partial charge on any atom is 0.288 e. The standard InChI is InChI=1S/C21H24N4O12S/c22-18-23-9(7-38-18)6-10(26)24-12-15(29)13(27)11(14(28)16(12)30)19(32,33)21(36,37)25-20(34,35)17(31)8-4-2-1-3-5-8/h1-5,7,17,25,27-37H,6H2,(H2,22,23)(H,24,26). The second kappa shape index (κ2) is 10.2. The lowest BCUT2D eigenvalue weighted by Crippen LogP contribution is -2.69. The molecule has 15 N–H and O–H groups in total. The van der Waals surface area contributed by atoms with Gasteiger partial charge in [0.25, 0.3) is 17.6 Å². The number of amides is 1. The van der Waals surface area contributed by atoms with E-state index < -0.39 is 70.3 Å². The molecule has 38 heavy (non-hydrogen) atoms. The van der Waals surface area contributed by atoms with Crippen LogP contribution in [0, 0.1) is 0 Å². The molecular weight excluding hydrogens is 532 g/mol. The van der Waals surface area contributed by atoms with E-state index in [4.69, 9.17) is 5.73 Å². The molecular formula is C21H24N4O12S. The predicted octanol–water partition coefficient (Wildman–Crippen LogP) is -2.53. The van der Waals surface area contributed by atoms with Crippen molar-refractivity contribution in [3.05, 3.63) is 52.5 Å². The van der Waals surface area contributed by atoms with Crippen molar-refractivity contribution in [3.63, 3.8) is 0 Å². The average Bonchev–Trinajstić information content (AvgIpc) is 3.24. The van der Waals surface area contributed by atoms with Crippen molar-refractivity contribution in [2.45, 2.75) is 30.1 Å². The minimum Gasteiger partial charge on any atom is -0.504 e. The van der Waals surface area contributed by atoms with Crippen LogP contribution < -0.4 is 16.4 Å². The fraction of sp³-hybridized carbons (Fsp3) is 0.238. The van der Waals surface area contributed by atoms with Crippen molar-refractivity contribution in [2.75, 3.05) is 11.1 Å². The number of phenolic OH excluding ortho intramolecular Hbond substituents is 4.